The second-order valence-electron chi connectivity index (χ2n) is 3.81. The van der Waals surface area contributed by atoms with Crippen molar-refractivity contribution in [3.63, 3.8) is 0 Å². The Kier molecular flexibility index (Phi) is 4.60. The smallest absolute Gasteiger partial charge is 0.242 e. The van der Waals surface area contributed by atoms with Crippen LogP contribution in [0.4, 0.5) is 5.82 Å². The summed E-state index contributed by atoms with van der Waals surface area (Å²) < 4.78 is 0. The van der Waals surface area contributed by atoms with E-state index in [2.05, 4.69) is 15.8 Å². The summed E-state index contributed by atoms with van der Waals surface area (Å²) in [5.41, 5.74) is 6.06. The number of carbonyl (C=O) groups excluding carboxylic acids is 1. The number of hydrazine groups is 1. The maximum atomic E-state index is 11.7. The van der Waals surface area contributed by atoms with Crippen molar-refractivity contribution in [2.75, 3.05) is 5.43 Å². The van der Waals surface area contributed by atoms with Gasteiger partial charge in [-0.2, -0.15) is 0 Å². The van der Waals surface area contributed by atoms with E-state index in [4.69, 9.17) is 23.2 Å². The number of benzene rings is 1. The van der Waals surface area contributed by atoms with Gasteiger partial charge in [-0.3, -0.25) is 15.6 Å². The highest BCUT2D eigenvalue weighted by molar-refractivity contribution is 6.42. The highest BCUT2D eigenvalue weighted by atomic mass is 35.5. The molecule has 0 saturated heterocycles. The molecule has 1 aromatic carbocycles. The molecule has 0 unspecified atom stereocenters. The van der Waals surface area contributed by atoms with Crippen LogP contribution in [-0.2, 0) is 11.2 Å². The summed E-state index contributed by atoms with van der Waals surface area (Å²) >= 11 is 11.7. The molecule has 2 aromatic rings. The molecular weight excluding hydrogens is 285 g/mol. The Labute approximate surface area is 120 Å². The first-order valence-electron chi connectivity index (χ1n) is 5.55. The number of hydrogen-bond donors (Lipinski definition) is 2. The summed E-state index contributed by atoms with van der Waals surface area (Å²) in [4.78, 5) is 15.7. The zero-order chi connectivity index (χ0) is 13.7. The van der Waals surface area contributed by atoms with Gasteiger partial charge in [0.15, 0.2) is 0 Å². The number of anilines is 1. The molecule has 0 saturated carbocycles. The molecule has 0 bridgehead atoms. The fraction of sp³-hybridized carbons (Fsp3) is 0.0769. The lowest BCUT2D eigenvalue weighted by molar-refractivity contribution is -0.119. The molecule has 0 aliphatic rings. The average Bonchev–Trinajstić information content (AvgIpc) is 2.42. The predicted molar refractivity (Wildman–Crippen MR) is 76.2 cm³/mol. The van der Waals surface area contributed by atoms with Gasteiger partial charge in [0.05, 0.1) is 16.5 Å². The zero-order valence-corrected chi connectivity index (χ0v) is 11.4. The molecule has 1 amide bonds. The van der Waals surface area contributed by atoms with Crippen molar-refractivity contribution in [1.82, 2.24) is 10.4 Å². The average molecular weight is 296 g/mol. The van der Waals surface area contributed by atoms with Gasteiger partial charge in [-0.15, -0.1) is 0 Å². The molecule has 1 aromatic heterocycles. The molecular formula is C13H11Cl2N3O. The normalized spacial score (nSPS) is 10.0. The van der Waals surface area contributed by atoms with Crippen LogP contribution in [0.2, 0.25) is 10.0 Å². The van der Waals surface area contributed by atoms with Gasteiger partial charge in [-0.05, 0) is 29.8 Å². The molecule has 4 nitrogen and oxygen atoms in total. The first-order chi connectivity index (χ1) is 9.15. The van der Waals surface area contributed by atoms with Gasteiger partial charge < -0.3 is 0 Å². The molecule has 2 rings (SSSR count). The third-order valence-electron chi connectivity index (χ3n) is 2.34. The lowest BCUT2D eigenvalue weighted by atomic mass is 10.1. The summed E-state index contributed by atoms with van der Waals surface area (Å²) in [6, 6.07) is 10.5. The van der Waals surface area contributed by atoms with E-state index >= 15 is 0 Å². The monoisotopic (exact) mass is 295 g/mol. The number of amides is 1. The fourth-order valence-corrected chi connectivity index (χ4v) is 1.77. The lowest BCUT2D eigenvalue weighted by Crippen LogP contribution is -2.31. The molecule has 0 atom stereocenters. The second-order valence-corrected chi connectivity index (χ2v) is 4.63. The van der Waals surface area contributed by atoms with Crippen LogP contribution in [0.5, 0.6) is 0 Å². The SMILES string of the molecule is O=C(Cc1ccc(Cl)c(Cl)c1)NNc1ccccn1. The minimum Gasteiger partial charge on any atom is -0.282 e. The second kappa shape index (κ2) is 6.41. The Bertz CT molecular complexity index is 575. The van der Waals surface area contributed by atoms with Gasteiger partial charge >= 0.3 is 0 Å². The van der Waals surface area contributed by atoms with Crippen molar-refractivity contribution in [2.24, 2.45) is 0 Å². The van der Waals surface area contributed by atoms with Gasteiger partial charge in [0.2, 0.25) is 5.91 Å². The fourth-order valence-electron chi connectivity index (χ4n) is 1.45. The number of rotatable bonds is 4. The predicted octanol–water partition coefficient (Wildman–Crippen LogP) is 3.07. The standard InChI is InChI=1S/C13H11Cl2N3O/c14-10-5-4-9(7-11(10)15)8-13(19)18-17-12-3-1-2-6-16-12/h1-7H,8H2,(H,16,17)(H,18,19). The molecule has 1 heterocycles. The van der Waals surface area contributed by atoms with Crippen molar-refractivity contribution in [3.8, 4) is 0 Å². The van der Waals surface area contributed by atoms with Crippen LogP contribution in [0.1, 0.15) is 5.56 Å². The van der Waals surface area contributed by atoms with E-state index in [9.17, 15) is 4.79 Å². The zero-order valence-electron chi connectivity index (χ0n) is 9.86. The van der Waals surface area contributed by atoms with Crippen molar-refractivity contribution in [3.05, 3.63) is 58.2 Å². The molecule has 0 fully saturated rings. The number of nitrogens with zero attached hydrogens (tertiary/aromatic N) is 1. The summed E-state index contributed by atoms with van der Waals surface area (Å²) in [6.45, 7) is 0. The largest absolute Gasteiger partial charge is 0.282 e. The van der Waals surface area contributed by atoms with Gasteiger partial charge in [0, 0.05) is 6.20 Å². The Hall–Kier alpha value is -1.78. The first-order valence-corrected chi connectivity index (χ1v) is 6.30. The first kappa shape index (κ1) is 13.6. The Morgan fingerprint density at radius 3 is 2.68 bits per heavy atom. The number of nitrogens with one attached hydrogen (secondary N) is 2. The quantitative estimate of drug-likeness (QED) is 0.853. The third-order valence-corrected chi connectivity index (χ3v) is 3.08. The molecule has 0 spiro atoms. The van der Waals surface area contributed by atoms with E-state index in [0.29, 0.717) is 15.9 Å². The van der Waals surface area contributed by atoms with Crippen molar-refractivity contribution in [2.45, 2.75) is 6.42 Å². The molecule has 6 heteroatoms. The van der Waals surface area contributed by atoms with Crippen molar-refractivity contribution in [1.29, 1.82) is 0 Å². The minimum absolute atomic E-state index is 0.191. The maximum Gasteiger partial charge on any atom is 0.242 e. The third kappa shape index (κ3) is 4.12. The van der Waals surface area contributed by atoms with Gasteiger partial charge in [-0.25, -0.2) is 4.98 Å². The topological polar surface area (TPSA) is 54.0 Å². The highest BCUT2D eigenvalue weighted by Gasteiger charge is 2.05. The van der Waals surface area contributed by atoms with Crippen molar-refractivity contribution >= 4 is 34.9 Å². The van der Waals surface area contributed by atoms with E-state index in [1.54, 1.807) is 36.5 Å². The van der Waals surface area contributed by atoms with E-state index in [0.717, 1.165) is 5.56 Å². The molecule has 0 radical (unpaired) electrons. The van der Waals surface area contributed by atoms with Crippen LogP contribution in [0, 0.1) is 0 Å². The number of pyridine rings is 1. The Morgan fingerprint density at radius 1 is 1.16 bits per heavy atom. The Balaban J connectivity index is 1.89. The Morgan fingerprint density at radius 2 is 2.00 bits per heavy atom. The van der Waals surface area contributed by atoms with Crippen LogP contribution < -0.4 is 10.9 Å². The molecule has 0 aliphatic heterocycles. The number of carbonyl (C=O) groups is 1. The van der Waals surface area contributed by atoms with E-state index in [-0.39, 0.29) is 12.3 Å². The van der Waals surface area contributed by atoms with Crippen molar-refractivity contribution < 1.29 is 4.79 Å². The lowest BCUT2D eigenvalue weighted by Gasteiger charge is -2.07. The number of aromatic nitrogens is 1. The van der Waals surface area contributed by atoms with Crippen LogP contribution in [-0.4, -0.2) is 10.9 Å². The molecule has 98 valence electrons. The van der Waals surface area contributed by atoms with E-state index < -0.39 is 0 Å². The maximum absolute atomic E-state index is 11.7. The van der Waals surface area contributed by atoms with Crippen LogP contribution in [0.3, 0.4) is 0 Å². The van der Waals surface area contributed by atoms with Crippen LogP contribution in [0.25, 0.3) is 0 Å². The number of halogens is 2. The van der Waals surface area contributed by atoms with Gasteiger partial charge in [0.1, 0.15) is 5.82 Å². The molecule has 0 aliphatic carbocycles. The molecule has 19 heavy (non-hydrogen) atoms. The van der Waals surface area contributed by atoms with Crippen LogP contribution >= 0.6 is 23.2 Å². The van der Waals surface area contributed by atoms with Gasteiger partial charge in [-0.1, -0.05) is 35.3 Å². The highest BCUT2D eigenvalue weighted by Crippen LogP contribution is 2.22. The van der Waals surface area contributed by atoms with E-state index in [1.165, 1.54) is 0 Å². The van der Waals surface area contributed by atoms with E-state index in [1.807, 2.05) is 6.07 Å². The van der Waals surface area contributed by atoms with Crippen LogP contribution in [0.15, 0.2) is 42.6 Å². The molecule has 2 N–H and O–H groups in total. The summed E-state index contributed by atoms with van der Waals surface area (Å²) in [7, 11) is 0. The van der Waals surface area contributed by atoms with Gasteiger partial charge in [0.25, 0.3) is 0 Å². The summed E-state index contributed by atoms with van der Waals surface area (Å²) in [6.07, 6.45) is 1.84. The summed E-state index contributed by atoms with van der Waals surface area (Å²) in [5.74, 6) is 0.383. The minimum atomic E-state index is -0.191. The number of hydrogen-bond acceptors (Lipinski definition) is 3. The summed E-state index contributed by atoms with van der Waals surface area (Å²) in [5, 5.41) is 0.905.